The molecule has 0 N–H and O–H groups in total. The van der Waals surface area contributed by atoms with E-state index in [1.807, 2.05) is 0 Å². The summed E-state index contributed by atoms with van der Waals surface area (Å²) < 4.78 is 1.42. The van der Waals surface area contributed by atoms with E-state index in [0.29, 0.717) is 21.2 Å². The van der Waals surface area contributed by atoms with E-state index < -0.39 is 0 Å². The number of rotatable bonds is 5. The molecule has 0 saturated heterocycles. The number of halogens is 1. The molecule has 0 fully saturated rings. The summed E-state index contributed by atoms with van der Waals surface area (Å²) in [6.45, 7) is 4.55. The monoisotopic (exact) mass is 303 g/mol. The number of benzene rings is 1. The SMILES string of the molecule is C[I-]CCc1ccc(CC(C)C)cc1. The van der Waals surface area contributed by atoms with Gasteiger partial charge in [-0.3, -0.25) is 0 Å². The molecule has 0 radical (unpaired) electrons. The molecule has 14 heavy (non-hydrogen) atoms. The molecule has 1 rings (SSSR count). The van der Waals surface area contributed by atoms with Gasteiger partial charge in [-0.25, -0.2) is 0 Å². The van der Waals surface area contributed by atoms with Gasteiger partial charge < -0.3 is 0 Å². The van der Waals surface area contributed by atoms with E-state index >= 15 is 0 Å². The Bertz CT molecular complexity index is 248. The Morgan fingerprint density at radius 2 is 1.64 bits per heavy atom. The maximum atomic E-state index is 2.35. The quantitative estimate of drug-likeness (QED) is 0.536. The molecule has 0 aliphatic heterocycles. The summed E-state index contributed by atoms with van der Waals surface area (Å²) in [5, 5.41) is 0. The second kappa shape index (κ2) is 6.44. The standard InChI is InChI=1S/C13H20I/c1-11(2)10-13-6-4-12(5-7-13)8-9-14-3/h4-7,11H,8-10H2,1-3H3/q-1. The number of hydrogen-bond acceptors (Lipinski definition) is 0. The number of alkyl halides is 2. The first kappa shape index (κ1) is 12.0. The van der Waals surface area contributed by atoms with Gasteiger partial charge in [0.15, 0.2) is 0 Å². The van der Waals surface area contributed by atoms with Crippen molar-refractivity contribution in [1.82, 2.24) is 0 Å². The first-order chi connectivity index (χ1) is 6.72. The fourth-order valence-corrected chi connectivity index (χ4v) is 2.68. The van der Waals surface area contributed by atoms with Gasteiger partial charge in [-0.05, 0) is 0 Å². The van der Waals surface area contributed by atoms with Gasteiger partial charge in [0, 0.05) is 0 Å². The van der Waals surface area contributed by atoms with Crippen LogP contribution in [-0.2, 0) is 12.8 Å². The molecule has 1 heteroatoms. The minimum absolute atomic E-state index is 0.459. The van der Waals surface area contributed by atoms with Crippen LogP contribution in [0.25, 0.3) is 0 Å². The molecule has 0 spiro atoms. The third-order valence-corrected chi connectivity index (χ3v) is 3.86. The zero-order valence-electron chi connectivity index (χ0n) is 9.39. The summed E-state index contributed by atoms with van der Waals surface area (Å²) in [6, 6.07) is 9.20. The molecule has 0 aliphatic rings. The van der Waals surface area contributed by atoms with E-state index in [0.717, 1.165) is 5.92 Å². The zero-order valence-corrected chi connectivity index (χ0v) is 11.5. The van der Waals surface area contributed by atoms with Crippen molar-refractivity contribution in [3.8, 4) is 0 Å². The van der Waals surface area contributed by atoms with Gasteiger partial charge in [0.2, 0.25) is 0 Å². The van der Waals surface area contributed by atoms with Crippen LogP contribution >= 0.6 is 0 Å². The maximum absolute atomic E-state index is 2.35. The first-order valence-corrected chi connectivity index (χ1v) is 8.92. The Balaban J connectivity index is 2.50. The molecular weight excluding hydrogens is 283 g/mol. The van der Waals surface area contributed by atoms with Crippen LogP contribution < -0.4 is 21.2 Å². The van der Waals surface area contributed by atoms with Crippen molar-refractivity contribution < 1.29 is 21.2 Å². The fourth-order valence-electron chi connectivity index (χ4n) is 1.52. The Labute approximate surface area is 98.4 Å². The van der Waals surface area contributed by atoms with E-state index in [9.17, 15) is 0 Å². The van der Waals surface area contributed by atoms with E-state index in [4.69, 9.17) is 0 Å². The molecule has 0 unspecified atom stereocenters. The second-order valence-corrected chi connectivity index (χ2v) is 6.73. The van der Waals surface area contributed by atoms with E-state index in [2.05, 4.69) is 43.0 Å². The average Bonchev–Trinajstić information content (AvgIpc) is 2.16. The van der Waals surface area contributed by atoms with Crippen molar-refractivity contribution in [2.24, 2.45) is 5.92 Å². The van der Waals surface area contributed by atoms with Crippen LogP contribution in [0.5, 0.6) is 0 Å². The summed E-state index contributed by atoms with van der Waals surface area (Å²) in [5.74, 6) is 0.766. The van der Waals surface area contributed by atoms with Crippen LogP contribution in [0.3, 0.4) is 0 Å². The molecule has 0 aliphatic carbocycles. The first-order valence-electron chi connectivity index (χ1n) is 5.24. The van der Waals surface area contributed by atoms with E-state index in [-0.39, 0.29) is 0 Å². The normalized spacial score (nSPS) is 11.1. The van der Waals surface area contributed by atoms with Crippen molar-refractivity contribution in [3.05, 3.63) is 35.4 Å². The molecule has 1 aromatic rings. The van der Waals surface area contributed by atoms with Crippen LogP contribution in [0.15, 0.2) is 24.3 Å². The average molecular weight is 303 g/mol. The third-order valence-electron chi connectivity index (χ3n) is 2.24. The predicted octanol–water partition coefficient (Wildman–Crippen LogP) is 0.146. The van der Waals surface area contributed by atoms with Crippen LogP contribution in [0.1, 0.15) is 25.0 Å². The molecule has 1 aromatic carbocycles. The van der Waals surface area contributed by atoms with Gasteiger partial charge in [-0.1, -0.05) is 0 Å². The van der Waals surface area contributed by atoms with Crippen molar-refractivity contribution in [1.29, 1.82) is 0 Å². The topological polar surface area (TPSA) is 0 Å². The van der Waals surface area contributed by atoms with Crippen LogP contribution in [-0.4, -0.2) is 9.36 Å². The van der Waals surface area contributed by atoms with E-state index in [1.165, 1.54) is 28.4 Å². The number of hydrogen-bond donors (Lipinski definition) is 0. The fraction of sp³-hybridized carbons (Fsp3) is 0.538. The molecular formula is C13H20I-. The Morgan fingerprint density at radius 1 is 1.07 bits per heavy atom. The van der Waals surface area contributed by atoms with Crippen LogP contribution in [0.2, 0.25) is 0 Å². The van der Waals surface area contributed by atoms with Crippen LogP contribution in [0, 0.1) is 5.92 Å². The number of aryl methyl sites for hydroxylation is 1. The van der Waals surface area contributed by atoms with E-state index in [1.54, 1.807) is 0 Å². The molecule has 80 valence electrons. The third kappa shape index (κ3) is 4.45. The summed E-state index contributed by atoms with van der Waals surface area (Å²) in [4.78, 5) is 2.35. The Kier molecular flexibility index (Phi) is 5.53. The minimum atomic E-state index is 0.459. The van der Waals surface area contributed by atoms with Gasteiger partial charge >= 0.3 is 98.6 Å². The van der Waals surface area contributed by atoms with Gasteiger partial charge in [-0.2, -0.15) is 0 Å². The Hall–Kier alpha value is -0.0500. The van der Waals surface area contributed by atoms with Gasteiger partial charge in [0.05, 0.1) is 0 Å². The van der Waals surface area contributed by atoms with Gasteiger partial charge in [0.1, 0.15) is 0 Å². The molecule has 0 heterocycles. The molecule has 0 aromatic heterocycles. The summed E-state index contributed by atoms with van der Waals surface area (Å²) in [5.41, 5.74) is 2.99. The van der Waals surface area contributed by atoms with Crippen LogP contribution in [0.4, 0.5) is 0 Å². The van der Waals surface area contributed by atoms with Crippen molar-refractivity contribution >= 4 is 0 Å². The Morgan fingerprint density at radius 3 is 2.14 bits per heavy atom. The van der Waals surface area contributed by atoms with Gasteiger partial charge in [0.25, 0.3) is 0 Å². The van der Waals surface area contributed by atoms with Crippen molar-refractivity contribution in [2.45, 2.75) is 26.7 Å². The molecule has 0 bridgehead atoms. The van der Waals surface area contributed by atoms with Crippen molar-refractivity contribution in [3.63, 3.8) is 0 Å². The molecule has 0 atom stereocenters. The predicted molar refractivity (Wildman–Crippen MR) is 59.5 cm³/mol. The summed E-state index contributed by atoms with van der Waals surface area (Å²) in [6.07, 6.45) is 2.49. The summed E-state index contributed by atoms with van der Waals surface area (Å²) >= 11 is 0.459. The van der Waals surface area contributed by atoms with Gasteiger partial charge in [-0.15, -0.1) is 0 Å². The zero-order chi connectivity index (χ0) is 10.4. The molecule has 0 nitrogen and oxygen atoms in total. The molecule has 0 saturated carbocycles. The van der Waals surface area contributed by atoms with Crippen molar-refractivity contribution in [2.75, 3.05) is 9.36 Å². The second-order valence-electron chi connectivity index (χ2n) is 4.12. The summed E-state index contributed by atoms with van der Waals surface area (Å²) in [7, 11) is 0. The molecule has 0 amide bonds.